The van der Waals surface area contributed by atoms with Gasteiger partial charge in [-0.25, -0.2) is 8.42 Å². The molecule has 2 heterocycles. The zero-order valence-corrected chi connectivity index (χ0v) is 18.8. The van der Waals surface area contributed by atoms with Gasteiger partial charge in [-0.3, -0.25) is 14.5 Å². The lowest BCUT2D eigenvalue weighted by atomic mass is 9.97. The lowest BCUT2D eigenvalue weighted by Gasteiger charge is -2.38. The summed E-state index contributed by atoms with van der Waals surface area (Å²) < 4.78 is 24.0. The summed E-state index contributed by atoms with van der Waals surface area (Å²) in [5.41, 5.74) is 0. The predicted molar refractivity (Wildman–Crippen MR) is 113 cm³/mol. The first-order valence-electron chi connectivity index (χ1n) is 11.3. The van der Waals surface area contributed by atoms with Gasteiger partial charge < -0.3 is 10.2 Å². The average molecular weight is 428 g/mol. The van der Waals surface area contributed by atoms with Gasteiger partial charge in [-0.15, -0.1) is 0 Å². The van der Waals surface area contributed by atoms with Gasteiger partial charge in [0, 0.05) is 31.1 Å². The van der Waals surface area contributed by atoms with Crippen molar-refractivity contribution in [1.29, 1.82) is 0 Å². The molecular weight excluding hydrogens is 390 g/mol. The fraction of sp³-hybridized carbons (Fsp3) is 0.905. The smallest absolute Gasteiger partial charge is 0.237 e. The number of likely N-dealkylation sites (tertiary alicyclic amines) is 1. The van der Waals surface area contributed by atoms with Gasteiger partial charge in [0.1, 0.15) is 0 Å². The molecule has 0 aromatic heterocycles. The Morgan fingerprint density at radius 2 is 1.79 bits per heavy atom. The van der Waals surface area contributed by atoms with Gasteiger partial charge in [0.2, 0.25) is 11.8 Å². The molecule has 3 fully saturated rings. The van der Waals surface area contributed by atoms with Crippen molar-refractivity contribution >= 4 is 21.7 Å². The molecule has 29 heavy (non-hydrogen) atoms. The maximum atomic E-state index is 13.3. The molecule has 7 nitrogen and oxygen atoms in total. The third-order valence-electron chi connectivity index (χ3n) is 6.66. The topological polar surface area (TPSA) is 86.8 Å². The van der Waals surface area contributed by atoms with Gasteiger partial charge in [0.25, 0.3) is 0 Å². The molecule has 2 amide bonds. The molecule has 0 bridgehead atoms. The molecular formula is C21H37N3O4S. The predicted octanol–water partition coefficient (Wildman–Crippen LogP) is 1.43. The average Bonchev–Trinajstić information content (AvgIpc) is 3.30. The number of carbonyl (C=O) groups excluding carboxylic acids is 2. The summed E-state index contributed by atoms with van der Waals surface area (Å²) in [5.74, 6) is 0.845. The number of nitrogens with zero attached hydrogens (tertiary/aromatic N) is 2. The normalized spacial score (nSPS) is 28.0. The first kappa shape index (κ1) is 22.5. The van der Waals surface area contributed by atoms with Crippen LogP contribution < -0.4 is 5.32 Å². The molecule has 1 N–H and O–H groups in total. The SMILES string of the molecule is CC(C)C(=O)NCC1CCCN(CC(=O)N(C2CCCC2)C2CCS(=O)(=O)C2)C1. The van der Waals surface area contributed by atoms with Crippen LogP contribution in [0.25, 0.3) is 0 Å². The van der Waals surface area contributed by atoms with Crippen LogP contribution >= 0.6 is 0 Å². The standard InChI is InChI=1S/C21H37N3O4S/c1-16(2)21(26)22-12-17-6-5-10-23(13-17)14-20(25)24(18-7-3-4-8-18)19-9-11-29(27,28)15-19/h16-19H,3-15H2,1-2H3,(H,22,26). The highest BCUT2D eigenvalue weighted by atomic mass is 32.2. The van der Waals surface area contributed by atoms with Crippen molar-refractivity contribution in [3.05, 3.63) is 0 Å². The summed E-state index contributed by atoms with van der Waals surface area (Å²) in [7, 11) is -3.02. The Hall–Kier alpha value is -1.15. The van der Waals surface area contributed by atoms with E-state index in [1.165, 1.54) is 0 Å². The van der Waals surface area contributed by atoms with E-state index >= 15 is 0 Å². The number of nitrogens with one attached hydrogen (secondary N) is 1. The van der Waals surface area contributed by atoms with Crippen LogP contribution in [0.3, 0.4) is 0 Å². The highest BCUT2D eigenvalue weighted by Gasteiger charge is 2.39. The monoisotopic (exact) mass is 427 g/mol. The van der Waals surface area contributed by atoms with Crippen molar-refractivity contribution in [3.8, 4) is 0 Å². The number of hydrogen-bond acceptors (Lipinski definition) is 5. The highest BCUT2D eigenvalue weighted by molar-refractivity contribution is 7.91. The molecule has 2 unspecified atom stereocenters. The second kappa shape index (κ2) is 9.77. The van der Waals surface area contributed by atoms with Crippen LogP contribution in [0.4, 0.5) is 0 Å². The minimum Gasteiger partial charge on any atom is -0.356 e. The molecule has 0 spiro atoms. The Labute approximate surface area is 175 Å². The zero-order chi connectivity index (χ0) is 21.0. The highest BCUT2D eigenvalue weighted by Crippen LogP contribution is 2.29. The fourth-order valence-corrected chi connectivity index (χ4v) is 6.78. The van der Waals surface area contributed by atoms with Crippen LogP contribution in [0.5, 0.6) is 0 Å². The van der Waals surface area contributed by atoms with Crippen molar-refractivity contribution < 1.29 is 18.0 Å². The molecule has 0 aromatic carbocycles. The van der Waals surface area contributed by atoms with Crippen LogP contribution in [0, 0.1) is 11.8 Å². The first-order chi connectivity index (χ1) is 13.7. The quantitative estimate of drug-likeness (QED) is 0.664. The summed E-state index contributed by atoms with van der Waals surface area (Å²) in [6.07, 6.45) is 6.89. The van der Waals surface area contributed by atoms with E-state index < -0.39 is 9.84 Å². The molecule has 166 valence electrons. The Morgan fingerprint density at radius 1 is 1.07 bits per heavy atom. The van der Waals surface area contributed by atoms with E-state index in [1.807, 2.05) is 18.7 Å². The Bertz CT molecular complexity index is 688. The molecule has 2 aliphatic heterocycles. The van der Waals surface area contributed by atoms with Crippen molar-refractivity contribution in [3.63, 3.8) is 0 Å². The van der Waals surface area contributed by atoms with Crippen LogP contribution in [-0.4, -0.2) is 79.8 Å². The summed E-state index contributed by atoms with van der Waals surface area (Å²) in [5, 5.41) is 3.02. The first-order valence-corrected chi connectivity index (χ1v) is 13.1. The summed E-state index contributed by atoms with van der Waals surface area (Å²) in [6, 6.07) is 0.0493. The molecule has 0 radical (unpaired) electrons. The zero-order valence-electron chi connectivity index (χ0n) is 17.9. The van der Waals surface area contributed by atoms with E-state index in [4.69, 9.17) is 0 Å². The largest absolute Gasteiger partial charge is 0.356 e. The summed E-state index contributed by atoms with van der Waals surface area (Å²) >= 11 is 0. The number of carbonyl (C=O) groups is 2. The molecule has 3 rings (SSSR count). The van der Waals surface area contributed by atoms with Crippen molar-refractivity contribution in [2.45, 2.75) is 70.9 Å². The molecule has 0 aromatic rings. The van der Waals surface area contributed by atoms with Crippen LogP contribution in [0.15, 0.2) is 0 Å². The molecule has 3 aliphatic rings. The van der Waals surface area contributed by atoms with E-state index in [-0.39, 0.29) is 41.3 Å². The molecule has 2 saturated heterocycles. The van der Waals surface area contributed by atoms with E-state index in [1.54, 1.807) is 0 Å². The van der Waals surface area contributed by atoms with Crippen LogP contribution in [0.1, 0.15) is 58.8 Å². The number of rotatable bonds is 7. The Balaban J connectivity index is 1.57. The lowest BCUT2D eigenvalue weighted by Crippen LogP contribution is -2.52. The van der Waals surface area contributed by atoms with Gasteiger partial charge in [0.05, 0.1) is 18.1 Å². The van der Waals surface area contributed by atoms with E-state index in [9.17, 15) is 18.0 Å². The van der Waals surface area contributed by atoms with E-state index in [0.717, 1.165) is 51.6 Å². The van der Waals surface area contributed by atoms with Gasteiger partial charge in [-0.1, -0.05) is 26.7 Å². The molecule has 1 saturated carbocycles. The van der Waals surface area contributed by atoms with Crippen molar-refractivity contribution in [2.24, 2.45) is 11.8 Å². The maximum absolute atomic E-state index is 13.3. The van der Waals surface area contributed by atoms with Gasteiger partial charge in [-0.2, -0.15) is 0 Å². The summed E-state index contributed by atoms with van der Waals surface area (Å²) in [6.45, 7) is 6.51. The second-order valence-corrected chi connectivity index (χ2v) is 11.7. The number of piperidine rings is 1. The Kier molecular flexibility index (Phi) is 7.59. The maximum Gasteiger partial charge on any atom is 0.237 e. The number of hydrogen-bond donors (Lipinski definition) is 1. The summed E-state index contributed by atoms with van der Waals surface area (Å²) in [4.78, 5) is 29.3. The Morgan fingerprint density at radius 3 is 2.41 bits per heavy atom. The lowest BCUT2D eigenvalue weighted by molar-refractivity contribution is -0.137. The third kappa shape index (κ3) is 6.17. The number of sulfone groups is 1. The molecule has 8 heteroatoms. The van der Waals surface area contributed by atoms with Gasteiger partial charge in [0.15, 0.2) is 9.84 Å². The van der Waals surface area contributed by atoms with E-state index in [0.29, 0.717) is 25.4 Å². The van der Waals surface area contributed by atoms with Crippen LogP contribution in [-0.2, 0) is 19.4 Å². The van der Waals surface area contributed by atoms with E-state index in [2.05, 4.69) is 10.2 Å². The third-order valence-corrected chi connectivity index (χ3v) is 8.41. The molecule has 2 atom stereocenters. The van der Waals surface area contributed by atoms with Gasteiger partial charge in [-0.05, 0) is 44.6 Å². The molecule has 1 aliphatic carbocycles. The number of amides is 2. The minimum atomic E-state index is -3.02. The van der Waals surface area contributed by atoms with Crippen LogP contribution in [0.2, 0.25) is 0 Å². The second-order valence-electron chi connectivity index (χ2n) is 9.44. The fourth-order valence-electron chi connectivity index (χ4n) is 5.07. The van der Waals surface area contributed by atoms with Crippen molar-refractivity contribution in [2.75, 3.05) is 37.7 Å². The minimum absolute atomic E-state index is 0.0149. The van der Waals surface area contributed by atoms with Crippen molar-refractivity contribution in [1.82, 2.24) is 15.1 Å². The van der Waals surface area contributed by atoms with Gasteiger partial charge >= 0.3 is 0 Å².